The number of esters is 1. The number of amides is 2. The lowest BCUT2D eigenvalue weighted by Gasteiger charge is -2.57. The van der Waals surface area contributed by atoms with Gasteiger partial charge >= 0.3 is 12.0 Å². The summed E-state index contributed by atoms with van der Waals surface area (Å²) in [7, 11) is 0. The van der Waals surface area contributed by atoms with Gasteiger partial charge in [-0.15, -0.1) is 0 Å². The van der Waals surface area contributed by atoms with Gasteiger partial charge in [-0.25, -0.2) is 9.59 Å². The first-order valence-corrected chi connectivity index (χ1v) is 12.4. The molecule has 1 saturated heterocycles. The maximum Gasteiger partial charge on any atom is 0.328 e. The Kier molecular flexibility index (Phi) is 5.89. The molecule has 4 aliphatic carbocycles. The van der Waals surface area contributed by atoms with E-state index in [4.69, 9.17) is 16.3 Å². The maximum atomic E-state index is 13.2. The Morgan fingerprint density at radius 2 is 1.71 bits per heavy atom. The molecular weight excluding hydrogens is 412 g/mol. The van der Waals surface area contributed by atoms with Crippen LogP contribution in [0.2, 0.25) is 5.02 Å². The van der Waals surface area contributed by atoms with Crippen molar-refractivity contribution < 1.29 is 14.3 Å². The predicted molar refractivity (Wildman–Crippen MR) is 120 cm³/mol. The molecule has 1 atom stereocenters. The van der Waals surface area contributed by atoms with E-state index in [1.54, 1.807) is 4.90 Å². The van der Waals surface area contributed by atoms with E-state index in [9.17, 15) is 9.59 Å². The van der Waals surface area contributed by atoms with Gasteiger partial charge in [0.1, 0.15) is 6.04 Å². The van der Waals surface area contributed by atoms with Gasteiger partial charge in [0.05, 0.1) is 6.61 Å². The summed E-state index contributed by atoms with van der Waals surface area (Å²) in [6, 6.07) is 7.26. The molecule has 5 fully saturated rings. The van der Waals surface area contributed by atoms with Crippen LogP contribution in [0.1, 0.15) is 63.4 Å². The summed E-state index contributed by atoms with van der Waals surface area (Å²) in [4.78, 5) is 27.6. The van der Waals surface area contributed by atoms with Crippen LogP contribution in [0.4, 0.5) is 4.79 Å². The Balaban J connectivity index is 1.12. The molecule has 4 saturated carbocycles. The first-order chi connectivity index (χ1) is 15.0. The first kappa shape index (κ1) is 21.1. The van der Waals surface area contributed by atoms with Gasteiger partial charge in [-0.05, 0) is 99.7 Å². The summed E-state index contributed by atoms with van der Waals surface area (Å²) < 4.78 is 5.56. The fourth-order valence-corrected chi connectivity index (χ4v) is 7.14. The third-order valence-corrected chi connectivity index (χ3v) is 8.22. The zero-order chi connectivity index (χ0) is 21.4. The zero-order valence-electron chi connectivity index (χ0n) is 18.2. The minimum Gasteiger partial charge on any atom is -0.464 e. The van der Waals surface area contributed by atoms with E-state index in [0.717, 1.165) is 61.3 Å². The van der Waals surface area contributed by atoms with Crippen molar-refractivity contribution >= 4 is 23.6 Å². The smallest absolute Gasteiger partial charge is 0.328 e. The van der Waals surface area contributed by atoms with Crippen LogP contribution in [0.15, 0.2) is 24.3 Å². The maximum absolute atomic E-state index is 13.2. The highest BCUT2D eigenvalue weighted by Crippen LogP contribution is 2.55. The van der Waals surface area contributed by atoms with E-state index in [-0.39, 0.29) is 17.5 Å². The topological polar surface area (TPSA) is 58.6 Å². The van der Waals surface area contributed by atoms with Gasteiger partial charge in [0.2, 0.25) is 0 Å². The Bertz CT molecular complexity index is 789. The molecule has 1 aliphatic heterocycles. The first-order valence-electron chi connectivity index (χ1n) is 12.0. The monoisotopic (exact) mass is 444 g/mol. The molecule has 1 N–H and O–H groups in total. The number of rotatable bonds is 6. The average Bonchev–Trinajstić information content (AvgIpc) is 3.21. The Morgan fingerprint density at radius 1 is 1.06 bits per heavy atom. The number of hydrogen-bond acceptors (Lipinski definition) is 3. The van der Waals surface area contributed by atoms with Crippen LogP contribution in [0.3, 0.4) is 0 Å². The quantitative estimate of drug-likeness (QED) is 0.498. The molecular formula is C25H33ClN2O3. The van der Waals surface area contributed by atoms with E-state index in [2.05, 4.69) is 5.32 Å². The van der Waals surface area contributed by atoms with Gasteiger partial charge in [-0.1, -0.05) is 23.7 Å². The highest BCUT2D eigenvalue weighted by molar-refractivity contribution is 6.30. The number of carbonyl (C=O) groups excluding carboxylic acids is 2. The normalized spacial score (nSPS) is 33.5. The summed E-state index contributed by atoms with van der Waals surface area (Å²) in [6.07, 6.45) is 10.6. The molecule has 2 amide bonds. The van der Waals surface area contributed by atoms with E-state index in [0.29, 0.717) is 19.6 Å². The minimum atomic E-state index is -0.440. The van der Waals surface area contributed by atoms with Crippen molar-refractivity contribution in [3.63, 3.8) is 0 Å². The van der Waals surface area contributed by atoms with Crippen LogP contribution in [-0.4, -0.2) is 41.6 Å². The molecule has 1 aromatic rings. The molecule has 6 heteroatoms. The molecule has 31 heavy (non-hydrogen) atoms. The van der Waals surface area contributed by atoms with E-state index in [1.165, 1.54) is 24.8 Å². The Hall–Kier alpha value is -1.75. The lowest BCUT2D eigenvalue weighted by Crippen LogP contribution is -2.62. The van der Waals surface area contributed by atoms with Gasteiger partial charge in [0, 0.05) is 17.1 Å². The van der Waals surface area contributed by atoms with E-state index in [1.807, 2.05) is 24.3 Å². The summed E-state index contributed by atoms with van der Waals surface area (Å²) in [6.45, 7) is 1.02. The number of hydrogen-bond donors (Lipinski definition) is 1. The van der Waals surface area contributed by atoms with Gasteiger partial charge in [0.15, 0.2) is 0 Å². The molecule has 168 valence electrons. The number of benzene rings is 1. The van der Waals surface area contributed by atoms with Crippen molar-refractivity contribution in [3.8, 4) is 0 Å². The third-order valence-electron chi connectivity index (χ3n) is 7.96. The molecule has 5 nitrogen and oxygen atoms in total. The van der Waals surface area contributed by atoms with Crippen LogP contribution in [0.25, 0.3) is 0 Å². The van der Waals surface area contributed by atoms with Crippen molar-refractivity contribution in [2.24, 2.45) is 17.8 Å². The molecule has 0 spiro atoms. The molecule has 1 heterocycles. The number of halogens is 1. The molecule has 0 radical (unpaired) electrons. The SMILES string of the molecule is O=C(OCCCc1ccc(Cl)cc1)[C@@H]1CCCN1C(=O)NC12CC3CC(CC(C3)C1)C2. The number of likely N-dealkylation sites (tertiary alicyclic amines) is 1. The minimum absolute atomic E-state index is 0.0263. The predicted octanol–water partition coefficient (Wildman–Crippen LogP) is 4.96. The highest BCUT2D eigenvalue weighted by Gasteiger charge is 2.52. The molecule has 5 aliphatic rings. The van der Waals surface area contributed by atoms with Gasteiger partial charge in [-0.2, -0.15) is 0 Å². The molecule has 0 unspecified atom stereocenters. The average molecular weight is 445 g/mol. The second-order valence-electron chi connectivity index (χ2n) is 10.4. The number of nitrogens with zero attached hydrogens (tertiary/aromatic N) is 1. The number of urea groups is 1. The highest BCUT2D eigenvalue weighted by atomic mass is 35.5. The Labute approximate surface area is 189 Å². The van der Waals surface area contributed by atoms with Crippen molar-refractivity contribution in [2.75, 3.05) is 13.2 Å². The summed E-state index contributed by atoms with van der Waals surface area (Å²) in [5, 5.41) is 4.14. The van der Waals surface area contributed by atoms with Gasteiger partial charge in [0.25, 0.3) is 0 Å². The van der Waals surface area contributed by atoms with Gasteiger partial charge < -0.3 is 15.0 Å². The summed E-state index contributed by atoms with van der Waals surface area (Å²) in [5.74, 6) is 2.10. The van der Waals surface area contributed by atoms with E-state index >= 15 is 0 Å². The van der Waals surface area contributed by atoms with Crippen LogP contribution < -0.4 is 5.32 Å². The zero-order valence-corrected chi connectivity index (χ0v) is 18.9. The van der Waals surface area contributed by atoms with Crippen LogP contribution in [-0.2, 0) is 16.0 Å². The molecule has 6 rings (SSSR count). The largest absolute Gasteiger partial charge is 0.464 e. The lowest BCUT2D eigenvalue weighted by atomic mass is 9.53. The lowest BCUT2D eigenvalue weighted by molar-refractivity contribution is -0.148. The standard InChI is InChI=1S/C25H33ClN2O3/c26-21-7-5-17(6-8-21)3-2-10-31-23(29)22-4-1-9-28(22)24(30)27-25-14-18-11-19(15-25)13-20(12-18)16-25/h5-8,18-20,22H,1-4,9-16H2,(H,27,30)/t18?,19?,20?,22-,25?/m0/s1. The second-order valence-corrected chi connectivity index (χ2v) is 10.8. The summed E-state index contributed by atoms with van der Waals surface area (Å²) >= 11 is 5.92. The Morgan fingerprint density at radius 3 is 2.35 bits per heavy atom. The van der Waals surface area contributed by atoms with Crippen molar-refractivity contribution in [3.05, 3.63) is 34.9 Å². The third kappa shape index (κ3) is 4.57. The number of carbonyl (C=O) groups is 2. The number of ether oxygens (including phenoxy) is 1. The number of nitrogens with one attached hydrogen (secondary N) is 1. The molecule has 4 bridgehead atoms. The van der Waals surface area contributed by atoms with Crippen molar-refractivity contribution in [2.45, 2.75) is 75.8 Å². The van der Waals surface area contributed by atoms with Crippen molar-refractivity contribution in [1.82, 2.24) is 10.2 Å². The van der Waals surface area contributed by atoms with Gasteiger partial charge in [-0.3, -0.25) is 0 Å². The fraction of sp³-hybridized carbons (Fsp3) is 0.680. The van der Waals surface area contributed by atoms with Crippen LogP contribution in [0, 0.1) is 17.8 Å². The molecule has 1 aromatic carbocycles. The fourth-order valence-electron chi connectivity index (χ4n) is 7.01. The molecule has 0 aromatic heterocycles. The second kappa shape index (κ2) is 8.65. The van der Waals surface area contributed by atoms with Crippen molar-refractivity contribution in [1.29, 1.82) is 0 Å². The van der Waals surface area contributed by atoms with E-state index < -0.39 is 6.04 Å². The van der Waals surface area contributed by atoms with Crippen LogP contribution >= 0.6 is 11.6 Å². The summed E-state index contributed by atoms with van der Waals surface area (Å²) in [5.41, 5.74) is 1.15. The number of aryl methyl sites for hydroxylation is 1. The van der Waals surface area contributed by atoms with Crippen LogP contribution in [0.5, 0.6) is 0 Å².